The number of hydrogen-bond donors (Lipinski definition) is 1. The topological polar surface area (TPSA) is 46.9 Å². The van der Waals surface area contributed by atoms with Crippen molar-refractivity contribution in [2.45, 2.75) is 20.4 Å². The summed E-state index contributed by atoms with van der Waals surface area (Å²) in [7, 11) is 0. The van der Waals surface area contributed by atoms with Crippen LogP contribution >= 0.6 is 22.7 Å². The second-order valence-corrected chi connectivity index (χ2v) is 7.99. The molecule has 4 aromatic rings. The van der Waals surface area contributed by atoms with Crippen LogP contribution in [-0.2, 0) is 6.54 Å². The number of rotatable bonds is 4. The molecule has 0 radical (unpaired) electrons. The summed E-state index contributed by atoms with van der Waals surface area (Å²) in [4.78, 5) is 15.4. The van der Waals surface area contributed by atoms with E-state index in [1.54, 1.807) is 11.3 Å². The summed E-state index contributed by atoms with van der Waals surface area (Å²) >= 11 is 3.13. The van der Waals surface area contributed by atoms with Crippen molar-refractivity contribution in [2.75, 3.05) is 0 Å². The average Bonchev–Trinajstić information content (AvgIpc) is 3.31. The van der Waals surface area contributed by atoms with Gasteiger partial charge < -0.3 is 5.32 Å². The molecular formula is C19H17N3OS2. The molecule has 3 heterocycles. The second kappa shape index (κ2) is 6.46. The van der Waals surface area contributed by atoms with Crippen molar-refractivity contribution >= 4 is 38.8 Å². The Morgan fingerprint density at radius 1 is 1.20 bits per heavy atom. The normalized spacial score (nSPS) is 11.1. The standard InChI is InChI=1S/C19H17N3OS2/c1-12-5-3-6-14(9-12)22-19-16(13(2)21-22)10-17(25-19)18(23)20-11-15-7-4-8-24-15/h3-10H,11H2,1-2H3,(H,20,23). The Labute approximate surface area is 153 Å². The van der Waals surface area contributed by atoms with Gasteiger partial charge in [-0.1, -0.05) is 18.2 Å². The molecule has 0 bridgehead atoms. The summed E-state index contributed by atoms with van der Waals surface area (Å²) in [6, 6.07) is 14.2. The maximum Gasteiger partial charge on any atom is 0.261 e. The summed E-state index contributed by atoms with van der Waals surface area (Å²) in [6.07, 6.45) is 0. The van der Waals surface area contributed by atoms with Gasteiger partial charge in [0.05, 0.1) is 22.8 Å². The van der Waals surface area contributed by atoms with E-state index in [1.807, 2.05) is 47.3 Å². The summed E-state index contributed by atoms with van der Waals surface area (Å²) in [5.74, 6) is -0.0372. The highest BCUT2D eigenvalue weighted by Crippen LogP contribution is 2.30. The molecule has 4 nitrogen and oxygen atoms in total. The van der Waals surface area contributed by atoms with E-state index >= 15 is 0 Å². The van der Waals surface area contributed by atoms with Gasteiger partial charge in [-0.25, -0.2) is 4.68 Å². The van der Waals surface area contributed by atoms with E-state index in [2.05, 4.69) is 29.5 Å². The minimum atomic E-state index is -0.0372. The predicted octanol–water partition coefficient (Wildman–Crippen LogP) is 4.70. The number of hydrogen-bond acceptors (Lipinski definition) is 4. The average molecular weight is 367 g/mol. The van der Waals surface area contributed by atoms with Gasteiger partial charge in [0.25, 0.3) is 5.91 Å². The fourth-order valence-corrected chi connectivity index (χ4v) is 4.51. The smallest absolute Gasteiger partial charge is 0.261 e. The maximum absolute atomic E-state index is 12.5. The summed E-state index contributed by atoms with van der Waals surface area (Å²) < 4.78 is 1.93. The third-order valence-electron chi connectivity index (χ3n) is 4.02. The zero-order chi connectivity index (χ0) is 17.4. The van der Waals surface area contributed by atoms with Gasteiger partial charge in [0.1, 0.15) is 4.83 Å². The molecule has 4 rings (SSSR count). The number of amides is 1. The Morgan fingerprint density at radius 3 is 2.84 bits per heavy atom. The van der Waals surface area contributed by atoms with E-state index in [1.165, 1.54) is 16.9 Å². The second-order valence-electron chi connectivity index (χ2n) is 5.93. The van der Waals surface area contributed by atoms with Gasteiger partial charge in [0.15, 0.2) is 0 Å². The molecule has 0 atom stereocenters. The van der Waals surface area contributed by atoms with Crippen LogP contribution in [0.1, 0.15) is 25.8 Å². The molecule has 3 aromatic heterocycles. The minimum absolute atomic E-state index is 0.0372. The van der Waals surface area contributed by atoms with E-state index in [9.17, 15) is 4.79 Å². The van der Waals surface area contributed by atoms with Crippen LogP contribution in [0.4, 0.5) is 0 Å². The molecule has 126 valence electrons. The van der Waals surface area contributed by atoms with Crippen molar-refractivity contribution in [1.29, 1.82) is 0 Å². The molecule has 0 unspecified atom stereocenters. The Bertz CT molecular complexity index is 1040. The first-order chi connectivity index (χ1) is 12.1. The number of fused-ring (bicyclic) bond motifs is 1. The molecule has 6 heteroatoms. The zero-order valence-corrected chi connectivity index (χ0v) is 15.6. The molecule has 0 aliphatic rings. The lowest BCUT2D eigenvalue weighted by Crippen LogP contribution is -2.21. The van der Waals surface area contributed by atoms with Gasteiger partial charge in [-0.05, 0) is 49.1 Å². The van der Waals surface area contributed by atoms with Crippen molar-refractivity contribution in [3.8, 4) is 5.69 Å². The lowest BCUT2D eigenvalue weighted by atomic mass is 10.2. The first kappa shape index (κ1) is 16.1. The molecule has 0 saturated carbocycles. The number of thiophene rings is 2. The molecule has 0 aliphatic heterocycles. The Balaban J connectivity index is 1.66. The van der Waals surface area contributed by atoms with E-state index in [0.29, 0.717) is 11.4 Å². The fourth-order valence-electron chi connectivity index (χ4n) is 2.76. The molecule has 0 fully saturated rings. The van der Waals surface area contributed by atoms with Crippen molar-refractivity contribution in [3.63, 3.8) is 0 Å². The molecule has 0 saturated heterocycles. The van der Waals surface area contributed by atoms with Gasteiger partial charge in [-0.15, -0.1) is 22.7 Å². The number of benzene rings is 1. The Kier molecular flexibility index (Phi) is 4.15. The van der Waals surface area contributed by atoms with E-state index in [0.717, 1.165) is 26.5 Å². The van der Waals surface area contributed by atoms with Gasteiger partial charge in [0.2, 0.25) is 0 Å². The number of carbonyl (C=O) groups excluding carboxylic acids is 1. The lowest BCUT2D eigenvalue weighted by molar-refractivity contribution is 0.0955. The molecule has 1 N–H and O–H groups in total. The molecule has 1 amide bonds. The number of aromatic nitrogens is 2. The summed E-state index contributed by atoms with van der Waals surface area (Å²) in [5.41, 5.74) is 3.14. The van der Waals surface area contributed by atoms with Gasteiger partial charge >= 0.3 is 0 Å². The van der Waals surface area contributed by atoms with E-state index < -0.39 is 0 Å². The molecule has 25 heavy (non-hydrogen) atoms. The van der Waals surface area contributed by atoms with Crippen LogP contribution in [0.25, 0.3) is 15.9 Å². The summed E-state index contributed by atoms with van der Waals surface area (Å²) in [6.45, 7) is 4.61. The molecular weight excluding hydrogens is 350 g/mol. The van der Waals surface area contributed by atoms with Crippen LogP contribution in [0.3, 0.4) is 0 Å². The van der Waals surface area contributed by atoms with Crippen molar-refractivity contribution in [3.05, 3.63) is 68.9 Å². The number of nitrogens with zero attached hydrogens (tertiary/aromatic N) is 2. The lowest BCUT2D eigenvalue weighted by Gasteiger charge is -2.03. The monoisotopic (exact) mass is 367 g/mol. The molecule has 0 spiro atoms. The predicted molar refractivity (Wildman–Crippen MR) is 104 cm³/mol. The summed E-state index contributed by atoms with van der Waals surface area (Å²) in [5, 5.41) is 10.7. The van der Waals surface area contributed by atoms with Crippen molar-refractivity contribution in [1.82, 2.24) is 15.1 Å². The SMILES string of the molecule is Cc1cccc(-n2nc(C)c3cc(C(=O)NCc4cccs4)sc32)c1. The van der Waals surface area contributed by atoms with Crippen molar-refractivity contribution < 1.29 is 4.79 Å². The highest BCUT2D eigenvalue weighted by Gasteiger charge is 2.17. The highest BCUT2D eigenvalue weighted by molar-refractivity contribution is 7.20. The van der Waals surface area contributed by atoms with Crippen LogP contribution in [0, 0.1) is 13.8 Å². The number of nitrogens with one attached hydrogen (secondary N) is 1. The Morgan fingerprint density at radius 2 is 2.08 bits per heavy atom. The van der Waals surface area contributed by atoms with E-state index in [4.69, 9.17) is 0 Å². The van der Waals surface area contributed by atoms with Crippen LogP contribution in [0.15, 0.2) is 47.8 Å². The zero-order valence-electron chi connectivity index (χ0n) is 13.9. The maximum atomic E-state index is 12.5. The van der Waals surface area contributed by atoms with Gasteiger partial charge in [-0.2, -0.15) is 5.10 Å². The Hall–Kier alpha value is -2.44. The first-order valence-electron chi connectivity index (χ1n) is 7.98. The number of carbonyl (C=O) groups is 1. The fraction of sp³-hybridized carbons (Fsp3) is 0.158. The molecule has 1 aromatic carbocycles. The minimum Gasteiger partial charge on any atom is -0.346 e. The van der Waals surface area contributed by atoms with E-state index in [-0.39, 0.29) is 5.91 Å². The van der Waals surface area contributed by atoms with Crippen molar-refractivity contribution in [2.24, 2.45) is 0 Å². The first-order valence-corrected chi connectivity index (χ1v) is 9.68. The highest BCUT2D eigenvalue weighted by atomic mass is 32.1. The largest absolute Gasteiger partial charge is 0.346 e. The molecule has 0 aliphatic carbocycles. The van der Waals surface area contributed by atoms with Gasteiger partial charge in [-0.3, -0.25) is 4.79 Å². The third kappa shape index (κ3) is 3.10. The third-order valence-corrected chi connectivity index (χ3v) is 6.00. The number of aryl methyl sites for hydroxylation is 2. The van der Waals surface area contributed by atoms with Crippen LogP contribution in [-0.4, -0.2) is 15.7 Å². The van der Waals surface area contributed by atoms with Crippen LogP contribution in [0.2, 0.25) is 0 Å². The van der Waals surface area contributed by atoms with Crippen LogP contribution < -0.4 is 5.32 Å². The quantitative estimate of drug-likeness (QED) is 0.568. The van der Waals surface area contributed by atoms with Gasteiger partial charge in [0, 0.05) is 10.3 Å². The van der Waals surface area contributed by atoms with Crippen LogP contribution in [0.5, 0.6) is 0 Å².